The Bertz CT molecular complexity index is 573. The van der Waals surface area contributed by atoms with Crippen LogP contribution in [-0.2, 0) is 4.79 Å². The molecule has 3 unspecified atom stereocenters. The lowest BCUT2D eigenvalue weighted by molar-refractivity contribution is -0.886. The van der Waals surface area contributed by atoms with Crippen LogP contribution in [0.2, 0.25) is 0 Å². The lowest BCUT2D eigenvalue weighted by Crippen LogP contribution is -3.11. The third-order valence-corrected chi connectivity index (χ3v) is 4.93. The maximum atomic E-state index is 13.0. The van der Waals surface area contributed by atoms with E-state index in [2.05, 4.69) is 37.1 Å². The number of anilines is 1. The number of nitrogens with zero attached hydrogens (tertiary/aromatic N) is 1. The summed E-state index contributed by atoms with van der Waals surface area (Å²) in [5.74, 6) is 0.764. The zero-order valence-electron chi connectivity index (χ0n) is 13.9. The van der Waals surface area contributed by atoms with Gasteiger partial charge in [-0.2, -0.15) is 0 Å². The minimum atomic E-state index is -0.326. The van der Waals surface area contributed by atoms with Crippen LogP contribution in [0.25, 0.3) is 0 Å². The monoisotopic (exact) mass is 287 g/mol. The summed E-state index contributed by atoms with van der Waals surface area (Å²) < 4.78 is 0. The molecule has 3 atom stereocenters. The van der Waals surface area contributed by atoms with Crippen LogP contribution in [0.1, 0.15) is 44.2 Å². The highest BCUT2D eigenvalue weighted by molar-refractivity contribution is 6.00. The molecule has 0 aromatic heterocycles. The molecule has 1 aromatic carbocycles. The summed E-state index contributed by atoms with van der Waals surface area (Å²) >= 11 is 0. The fourth-order valence-electron chi connectivity index (χ4n) is 3.83. The molecule has 1 saturated heterocycles. The van der Waals surface area contributed by atoms with Gasteiger partial charge in [0.2, 0.25) is 5.91 Å². The third-order valence-electron chi connectivity index (χ3n) is 4.93. The van der Waals surface area contributed by atoms with E-state index in [0.717, 1.165) is 25.2 Å². The highest BCUT2D eigenvalue weighted by atomic mass is 16.2. The second kappa shape index (κ2) is 4.84. The lowest BCUT2D eigenvalue weighted by Gasteiger charge is -2.36. The number of carbonyl (C=O) groups excluding carboxylic acids is 1. The summed E-state index contributed by atoms with van der Waals surface area (Å²) in [5.41, 5.74) is 3.51. The van der Waals surface area contributed by atoms with E-state index < -0.39 is 0 Å². The van der Waals surface area contributed by atoms with Gasteiger partial charge in [0.1, 0.15) is 0 Å². The topological polar surface area (TPSA) is 24.8 Å². The van der Waals surface area contributed by atoms with Gasteiger partial charge < -0.3 is 9.80 Å². The molecule has 1 aromatic rings. The number of amides is 1. The average Bonchev–Trinajstić information content (AvgIpc) is 2.70. The number of nitrogens with one attached hydrogen (secondary N) is 1. The Morgan fingerprint density at radius 3 is 2.71 bits per heavy atom. The highest BCUT2D eigenvalue weighted by Crippen LogP contribution is 2.44. The van der Waals surface area contributed by atoms with E-state index in [1.165, 1.54) is 11.1 Å². The van der Waals surface area contributed by atoms with E-state index in [-0.39, 0.29) is 11.3 Å². The van der Waals surface area contributed by atoms with Crippen LogP contribution < -0.4 is 9.80 Å². The number of likely N-dealkylation sites (N-methyl/N-ethyl adjacent to an activating group) is 1. The van der Waals surface area contributed by atoms with Gasteiger partial charge in [-0.3, -0.25) is 4.79 Å². The van der Waals surface area contributed by atoms with Crippen LogP contribution >= 0.6 is 0 Å². The molecule has 0 saturated carbocycles. The number of fused-ring (bicyclic) bond motifs is 3. The van der Waals surface area contributed by atoms with Crippen molar-refractivity contribution >= 4 is 11.6 Å². The highest BCUT2D eigenvalue weighted by Gasteiger charge is 2.47. The second-order valence-corrected chi connectivity index (χ2v) is 7.86. The summed E-state index contributed by atoms with van der Waals surface area (Å²) in [4.78, 5) is 16.7. The number of aryl methyl sites for hydroxylation is 1. The van der Waals surface area contributed by atoms with Gasteiger partial charge in [-0.05, 0) is 18.6 Å². The Balaban J connectivity index is 2.07. The molecule has 0 spiro atoms. The van der Waals surface area contributed by atoms with Crippen molar-refractivity contribution < 1.29 is 9.69 Å². The first-order valence-electron chi connectivity index (χ1n) is 8.04. The lowest BCUT2D eigenvalue weighted by atomic mass is 9.88. The van der Waals surface area contributed by atoms with Crippen LogP contribution in [0.3, 0.4) is 0 Å². The molecule has 1 N–H and O–H groups in total. The molecule has 3 heteroatoms. The predicted octanol–water partition coefficient (Wildman–Crippen LogP) is 1.76. The quantitative estimate of drug-likeness (QED) is 0.773. The summed E-state index contributed by atoms with van der Waals surface area (Å²) in [6.07, 6.45) is 1.10. The Hall–Kier alpha value is -1.35. The number of carbonyl (C=O) groups is 1. The van der Waals surface area contributed by atoms with Crippen molar-refractivity contribution in [3.63, 3.8) is 0 Å². The zero-order valence-corrected chi connectivity index (χ0v) is 13.9. The predicted molar refractivity (Wildman–Crippen MR) is 85.9 cm³/mol. The second-order valence-electron chi connectivity index (χ2n) is 7.86. The van der Waals surface area contributed by atoms with Crippen LogP contribution in [0.4, 0.5) is 5.69 Å². The van der Waals surface area contributed by atoms with E-state index in [9.17, 15) is 4.79 Å². The molecule has 21 heavy (non-hydrogen) atoms. The van der Waals surface area contributed by atoms with Crippen molar-refractivity contribution in [1.82, 2.24) is 0 Å². The molecule has 2 aliphatic rings. The van der Waals surface area contributed by atoms with Crippen molar-refractivity contribution in [3.8, 4) is 0 Å². The van der Waals surface area contributed by atoms with Gasteiger partial charge in [0.15, 0.2) is 0 Å². The minimum absolute atomic E-state index is 0.264. The van der Waals surface area contributed by atoms with E-state index >= 15 is 0 Å². The number of likely N-dealkylation sites (tertiary alicyclic amines) is 1. The summed E-state index contributed by atoms with van der Waals surface area (Å²) in [5, 5.41) is 0. The number of benzene rings is 1. The molecule has 2 heterocycles. The Morgan fingerprint density at radius 2 is 2.05 bits per heavy atom. The van der Waals surface area contributed by atoms with Crippen LogP contribution in [-0.4, -0.2) is 32.1 Å². The molecular formula is C18H27N2O+. The number of quaternary nitrogens is 1. The first kappa shape index (κ1) is 14.6. The molecule has 0 aliphatic carbocycles. The number of piperidine rings is 1. The first-order chi connectivity index (χ1) is 9.79. The summed E-state index contributed by atoms with van der Waals surface area (Å²) in [7, 11) is 2.26. The maximum Gasteiger partial charge on any atom is 0.232 e. The fourth-order valence-corrected chi connectivity index (χ4v) is 3.83. The van der Waals surface area contributed by atoms with E-state index in [1.807, 2.05) is 20.8 Å². The van der Waals surface area contributed by atoms with Gasteiger partial charge in [0, 0.05) is 17.5 Å². The Morgan fingerprint density at radius 1 is 1.33 bits per heavy atom. The zero-order chi connectivity index (χ0) is 15.4. The minimum Gasteiger partial charge on any atom is -0.337 e. The van der Waals surface area contributed by atoms with Crippen LogP contribution in [0.15, 0.2) is 18.2 Å². The van der Waals surface area contributed by atoms with Crippen LogP contribution in [0, 0.1) is 12.3 Å². The molecule has 0 radical (unpaired) electrons. The maximum absolute atomic E-state index is 13.0. The summed E-state index contributed by atoms with van der Waals surface area (Å²) in [6.45, 7) is 10.5. The molecule has 2 aliphatic heterocycles. The number of hydrogen-bond acceptors (Lipinski definition) is 1. The van der Waals surface area contributed by atoms with Gasteiger partial charge in [0.05, 0.1) is 32.1 Å². The summed E-state index contributed by atoms with van der Waals surface area (Å²) in [6, 6.07) is 6.94. The van der Waals surface area contributed by atoms with Crippen molar-refractivity contribution in [2.24, 2.45) is 5.41 Å². The van der Waals surface area contributed by atoms with Gasteiger partial charge in [-0.25, -0.2) is 0 Å². The van der Waals surface area contributed by atoms with Crippen molar-refractivity contribution in [2.75, 3.05) is 25.0 Å². The van der Waals surface area contributed by atoms with Gasteiger partial charge >= 0.3 is 0 Å². The van der Waals surface area contributed by atoms with Gasteiger partial charge in [-0.1, -0.05) is 38.5 Å². The van der Waals surface area contributed by atoms with Crippen molar-refractivity contribution in [1.29, 1.82) is 0 Å². The van der Waals surface area contributed by atoms with E-state index in [4.69, 9.17) is 0 Å². The normalized spacial score (nSPS) is 28.2. The Kier molecular flexibility index (Phi) is 3.36. The van der Waals surface area contributed by atoms with E-state index in [0.29, 0.717) is 12.0 Å². The van der Waals surface area contributed by atoms with E-state index in [1.54, 1.807) is 4.90 Å². The molecule has 3 rings (SSSR count). The van der Waals surface area contributed by atoms with Gasteiger partial charge in [-0.15, -0.1) is 0 Å². The van der Waals surface area contributed by atoms with Crippen LogP contribution in [0.5, 0.6) is 0 Å². The largest absolute Gasteiger partial charge is 0.337 e. The van der Waals surface area contributed by atoms with Crippen molar-refractivity contribution in [2.45, 2.75) is 46.1 Å². The molecule has 3 nitrogen and oxygen atoms in total. The van der Waals surface area contributed by atoms with Gasteiger partial charge in [0.25, 0.3) is 0 Å². The third kappa shape index (κ3) is 2.38. The average molecular weight is 287 g/mol. The first-order valence-corrected chi connectivity index (χ1v) is 8.04. The molecule has 114 valence electrons. The standard InChI is InChI=1S/C18H26N2O/c1-12-6-7-15-13(10-12)14-11-19(5)9-8-16(14)20(15)17(21)18(2,3)4/h6-7,10,14,16H,8-9,11H2,1-5H3/p+1. The molecular weight excluding hydrogens is 260 g/mol. The molecule has 0 bridgehead atoms. The molecule has 1 fully saturated rings. The Labute approximate surface area is 127 Å². The van der Waals surface area contributed by atoms with Crippen molar-refractivity contribution in [3.05, 3.63) is 29.3 Å². The number of rotatable bonds is 0. The SMILES string of the molecule is Cc1ccc2c(c1)C1C[NH+](C)CCC1N2C(=O)C(C)(C)C. The smallest absolute Gasteiger partial charge is 0.232 e. The number of hydrogen-bond donors (Lipinski definition) is 1. The fraction of sp³-hybridized carbons (Fsp3) is 0.611. The molecule has 1 amide bonds.